The lowest BCUT2D eigenvalue weighted by Gasteiger charge is -2.18. The first-order chi connectivity index (χ1) is 14.7. The molecule has 0 saturated carbocycles. The number of anilines is 1. The molecular formula is C22H21F3N4O2. The van der Waals surface area contributed by atoms with Crippen LogP contribution in [0.25, 0.3) is 21.9 Å². The Hall–Kier alpha value is -3.36. The summed E-state index contributed by atoms with van der Waals surface area (Å²) in [4.78, 5) is 12.3. The van der Waals surface area contributed by atoms with E-state index in [1.165, 1.54) is 16.7 Å². The smallest absolute Gasteiger partial charge is 0.408 e. The van der Waals surface area contributed by atoms with Crippen LogP contribution in [0, 0.1) is 12.7 Å². The molecule has 0 amide bonds. The van der Waals surface area contributed by atoms with Gasteiger partial charge in [-0.3, -0.25) is 4.57 Å². The van der Waals surface area contributed by atoms with Crippen molar-refractivity contribution < 1.29 is 17.6 Å². The summed E-state index contributed by atoms with van der Waals surface area (Å²) in [5, 5.41) is 12.8. The summed E-state index contributed by atoms with van der Waals surface area (Å²) >= 11 is 0. The van der Waals surface area contributed by atoms with Crippen molar-refractivity contribution in [2.24, 2.45) is 0 Å². The van der Waals surface area contributed by atoms with Gasteiger partial charge in [0.1, 0.15) is 5.82 Å². The van der Waals surface area contributed by atoms with Gasteiger partial charge in [-0.1, -0.05) is 18.2 Å². The maximum atomic E-state index is 14.6. The molecule has 0 unspecified atom stereocenters. The second-order valence-corrected chi connectivity index (χ2v) is 7.75. The normalized spacial score (nSPS) is 12.9. The molecule has 0 saturated heterocycles. The third-order valence-electron chi connectivity index (χ3n) is 5.33. The van der Waals surface area contributed by atoms with E-state index in [-0.39, 0.29) is 11.6 Å². The number of fused-ring (bicyclic) bond motifs is 2. The number of hydrogen-bond donors (Lipinski definition) is 1. The average molecular weight is 430 g/mol. The molecule has 2 aromatic carbocycles. The van der Waals surface area contributed by atoms with E-state index in [1.54, 1.807) is 26.0 Å². The van der Waals surface area contributed by atoms with Gasteiger partial charge in [-0.25, -0.2) is 18.0 Å². The van der Waals surface area contributed by atoms with E-state index < -0.39 is 29.6 Å². The molecule has 4 rings (SSSR count). The fraction of sp³-hybridized carbons (Fsp3) is 0.318. The summed E-state index contributed by atoms with van der Waals surface area (Å²) in [6.07, 6.45) is -2.91. The molecule has 0 aliphatic rings. The summed E-state index contributed by atoms with van der Waals surface area (Å²) in [5.41, 5.74) is 1.10. The quantitative estimate of drug-likeness (QED) is 0.441. The van der Waals surface area contributed by atoms with Crippen LogP contribution < -0.4 is 11.1 Å². The third kappa shape index (κ3) is 3.54. The zero-order chi connectivity index (χ0) is 22.4. The van der Waals surface area contributed by atoms with Crippen LogP contribution in [0.2, 0.25) is 0 Å². The van der Waals surface area contributed by atoms with Crippen molar-refractivity contribution in [1.29, 1.82) is 0 Å². The number of alkyl halides is 2. The van der Waals surface area contributed by atoms with E-state index in [1.807, 2.05) is 13.8 Å². The number of nitrogens with zero attached hydrogens (tertiary/aromatic N) is 3. The molecule has 4 aromatic rings. The first kappa shape index (κ1) is 20.9. The van der Waals surface area contributed by atoms with Gasteiger partial charge < -0.3 is 9.73 Å². The van der Waals surface area contributed by atoms with E-state index in [4.69, 9.17) is 4.42 Å². The molecule has 0 bridgehead atoms. The average Bonchev–Trinajstić information content (AvgIpc) is 3.03. The van der Waals surface area contributed by atoms with Crippen LogP contribution in [0.1, 0.15) is 56.1 Å². The van der Waals surface area contributed by atoms with Crippen molar-refractivity contribution in [2.45, 2.75) is 46.2 Å². The van der Waals surface area contributed by atoms with Gasteiger partial charge in [0.25, 0.3) is 6.43 Å². The van der Waals surface area contributed by atoms with E-state index >= 15 is 0 Å². The number of aromatic nitrogens is 3. The van der Waals surface area contributed by atoms with Crippen molar-refractivity contribution in [1.82, 2.24) is 14.8 Å². The number of oxazole rings is 1. The van der Waals surface area contributed by atoms with Crippen molar-refractivity contribution in [3.63, 3.8) is 0 Å². The number of benzene rings is 2. The lowest BCUT2D eigenvalue weighted by Crippen LogP contribution is -2.16. The standard InChI is InChI=1S/C22H21F3N4O2/c1-10(2)29-17-8-16-15(9-18(17)31-22(29)30)12(4)27-28-21(16)26-11(3)13-6-5-7-14(19(13)23)20(24)25/h5-11,20H,1-4H3,(H,26,28)/t11-/m1/s1. The summed E-state index contributed by atoms with van der Waals surface area (Å²) < 4.78 is 47.7. The summed E-state index contributed by atoms with van der Waals surface area (Å²) in [6, 6.07) is 6.63. The molecule has 2 heterocycles. The molecule has 0 aliphatic carbocycles. The van der Waals surface area contributed by atoms with Crippen LogP contribution in [0.15, 0.2) is 39.5 Å². The Morgan fingerprint density at radius 2 is 1.77 bits per heavy atom. The van der Waals surface area contributed by atoms with Gasteiger partial charge in [0.05, 0.1) is 22.8 Å². The molecule has 1 atom stereocenters. The molecule has 1 N–H and O–H groups in total. The van der Waals surface area contributed by atoms with Crippen molar-refractivity contribution in [3.05, 3.63) is 63.5 Å². The fourth-order valence-electron chi connectivity index (χ4n) is 3.76. The second-order valence-electron chi connectivity index (χ2n) is 7.75. The highest BCUT2D eigenvalue weighted by molar-refractivity contribution is 6.01. The van der Waals surface area contributed by atoms with Crippen LogP contribution in [-0.4, -0.2) is 14.8 Å². The Morgan fingerprint density at radius 1 is 1.06 bits per heavy atom. The number of halogens is 3. The summed E-state index contributed by atoms with van der Waals surface area (Å²) in [6.45, 7) is 7.17. The minimum atomic E-state index is -2.91. The Kier molecular flexibility index (Phi) is 5.20. The highest BCUT2D eigenvalue weighted by Gasteiger charge is 2.21. The molecule has 2 aromatic heterocycles. The largest absolute Gasteiger partial charge is 0.420 e. The Balaban J connectivity index is 1.85. The van der Waals surface area contributed by atoms with E-state index in [9.17, 15) is 18.0 Å². The van der Waals surface area contributed by atoms with Gasteiger partial charge in [-0.15, -0.1) is 5.10 Å². The third-order valence-corrected chi connectivity index (χ3v) is 5.33. The molecule has 6 nitrogen and oxygen atoms in total. The van der Waals surface area contributed by atoms with Gasteiger partial charge >= 0.3 is 5.76 Å². The second kappa shape index (κ2) is 7.72. The van der Waals surface area contributed by atoms with Gasteiger partial charge in [-0.2, -0.15) is 5.10 Å². The highest BCUT2D eigenvalue weighted by atomic mass is 19.3. The van der Waals surface area contributed by atoms with Crippen LogP contribution >= 0.6 is 0 Å². The number of aryl methyl sites for hydroxylation is 1. The zero-order valence-corrected chi connectivity index (χ0v) is 17.4. The predicted molar refractivity (Wildman–Crippen MR) is 112 cm³/mol. The number of nitrogens with one attached hydrogen (secondary N) is 1. The Morgan fingerprint density at radius 3 is 2.45 bits per heavy atom. The molecule has 0 spiro atoms. The van der Waals surface area contributed by atoms with Crippen molar-refractivity contribution in [3.8, 4) is 0 Å². The van der Waals surface area contributed by atoms with Crippen LogP contribution in [-0.2, 0) is 0 Å². The molecule has 0 aliphatic heterocycles. The molecule has 31 heavy (non-hydrogen) atoms. The minimum absolute atomic E-state index is 0.0943. The van der Waals surface area contributed by atoms with Crippen LogP contribution in [0.3, 0.4) is 0 Å². The fourth-order valence-corrected chi connectivity index (χ4v) is 3.76. The lowest BCUT2D eigenvalue weighted by molar-refractivity contribution is 0.146. The molecule has 162 valence electrons. The van der Waals surface area contributed by atoms with Gasteiger partial charge in [0.15, 0.2) is 11.4 Å². The maximum absolute atomic E-state index is 14.6. The summed E-state index contributed by atoms with van der Waals surface area (Å²) in [5.74, 6) is -1.07. The van der Waals surface area contributed by atoms with Crippen LogP contribution in [0.5, 0.6) is 0 Å². The molecule has 9 heteroatoms. The van der Waals surface area contributed by atoms with E-state index in [0.717, 1.165) is 6.07 Å². The van der Waals surface area contributed by atoms with E-state index in [0.29, 0.717) is 33.4 Å². The van der Waals surface area contributed by atoms with Gasteiger partial charge in [0, 0.05) is 22.4 Å². The first-order valence-electron chi connectivity index (χ1n) is 9.84. The van der Waals surface area contributed by atoms with Crippen molar-refractivity contribution >= 4 is 27.7 Å². The SMILES string of the molecule is Cc1nnc(N[C@H](C)c2cccc(C(F)F)c2F)c2cc3c(cc12)oc(=O)n3C(C)C. The maximum Gasteiger partial charge on any atom is 0.420 e. The minimum Gasteiger partial charge on any atom is -0.408 e. The topological polar surface area (TPSA) is 73.0 Å². The monoisotopic (exact) mass is 430 g/mol. The molecule has 0 fully saturated rings. The lowest BCUT2D eigenvalue weighted by atomic mass is 10.0. The zero-order valence-electron chi connectivity index (χ0n) is 17.4. The van der Waals surface area contributed by atoms with Gasteiger partial charge in [-0.05, 0) is 39.8 Å². The predicted octanol–water partition coefficient (Wildman–Crippen LogP) is 5.68. The van der Waals surface area contributed by atoms with Crippen LogP contribution in [0.4, 0.5) is 19.0 Å². The Labute approximate surface area is 175 Å². The van der Waals surface area contributed by atoms with E-state index in [2.05, 4.69) is 15.5 Å². The molecular weight excluding hydrogens is 409 g/mol. The highest BCUT2D eigenvalue weighted by Crippen LogP contribution is 2.32. The number of rotatable bonds is 5. The Bertz CT molecular complexity index is 1340. The summed E-state index contributed by atoms with van der Waals surface area (Å²) in [7, 11) is 0. The van der Waals surface area contributed by atoms with Gasteiger partial charge in [0.2, 0.25) is 0 Å². The first-order valence-corrected chi connectivity index (χ1v) is 9.84. The van der Waals surface area contributed by atoms with Crippen molar-refractivity contribution in [2.75, 3.05) is 5.32 Å². The molecule has 0 radical (unpaired) electrons. The number of hydrogen-bond acceptors (Lipinski definition) is 5.